The third kappa shape index (κ3) is 6.35. The molecule has 0 fully saturated rings. The summed E-state index contributed by atoms with van der Waals surface area (Å²) in [6.07, 6.45) is 0. The summed E-state index contributed by atoms with van der Waals surface area (Å²) >= 11 is 0. The van der Waals surface area contributed by atoms with Crippen molar-refractivity contribution in [3.8, 4) is 0 Å². The minimum Gasteiger partial charge on any atom is -0.389 e. The molecule has 1 N–H and O–H groups in total. The van der Waals surface area contributed by atoms with Crippen molar-refractivity contribution in [3.63, 3.8) is 0 Å². The van der Waals surface area contributed by atoms with E-state index in [0.29, 0.717) is 6.04 Å². The molecule has 1 atom stereocenters. The predicted octanol–water partition coefficient (Wildman–Crippen LogP) is 1.03. The Morgan fingerprint density at radius 2 is 1.79 bits per heavy atom. The van der Waals surface area contributed by atoms with Gasteiger partial charge >= 0.3 is 0 Å². The number of likely N-dealkylation sites (N-methyl/N-ethyl adjacent to an activating group) is 2. The highest BCUT2D eigenvalue weighted by molar-refractivity contribution is 4.76. The molecular formula is C11H26N2O. The van der Waals surface area contributed by atoms with Crippen LogP contribution >= 0.6 is 0 Å². The lowest BCUT2D eigenvalue weighted by molar-refractivity contribution is 0.0215. The summed E-state index contributed by atoms with van der Waals surface area (Å²) in [6, 6.07) is 0.487. The van der Waals surface area contributed by atoms with Crippen molar-refractivity contribution in [3.05, 3.63) is 0 Å². The Bertz CT molecular complexity index is 152. The van der Waals surface area contributed by atoms with E-state index in [-0.39, 0.29) is 0 Å². The quantitative estimate of drug-likeness (QED) is 0.697. The normalized spacial score (nSPS) is 15.2. The standard InChI is InChI=1S/C11H26N2O/c1-7-13(9-11(3,4)14)10(2)8-12(5)6/h10,14H,7-9H2,1-6H3. The van der Waals surface area contributed by atoms with Crippen LogP contribution in [0, 0.1) is 0 Å². The second-order valence-electron chi connectivity index (χ2n) is 4.99. The molecule has 0 radical (unpaired) electrons. The SMILES string of the molecule is CCN(CC(C)(C)O)C(C)CN(C)C. The molecule has 3 heteroatoms. The van der Waals surface area contributed by atoms with Crippen LogP contribution < -0.4 is 0 Å². The minimum atomic E-state index is -0.601. The molecule has 1 unspecified atom stereocenters. The molecule has 0 aromatic heterocycles. The molecule has 0 aliphatic heterocycles. The molecular weight excluding hydrogens is 176 g/mol. The fourth-order valence-electron chi connectivity index (χ4n) is 1.72. The van der Waals surface area contributed by atoms with Crippen LogP contribution in [0.4, 0.5) is 0 Å². The summed E-state index contributed by atoms with van der Waals surface area (Å²) in [4.78, 5) is 4.48. The minimum absolute atomic E-state index is 0.487. The van der Waals surface area contributed by atoms with Gasteiger partial charge in [0.1, 0.15) is 0 Å². The highest BCUT2D eigenvalue weighted by atomic mass is 16.3. The first-order valence-electron chi connectivity index (χ1n) is 5.37. The Morgan fingerprint density at radius 3 is 2.07 bits per heavy atom. The second-order valence-corrected chi connectivity index (χ2v) is 4.99. The van der Waals surface area contributed by atoms with E-state index in [1.54, 1.807) is 0 Å². The molecule has 0 spiro atoms. The number of aliphatic hydroxyl groups is 1. The Balaban J connectivity index is 4.12. The monoisotopic (exact) mass is 202 g/mol. The van der Waals surface area contributed by atoms with Crippen LogP contribution in [0.25, 0.3) is 0 Å². The summed E-state index contributed by atoms with van der Waals surface area (Å²) in [7, 11) is 4.16. The molecule has 0 amide bonds. The van der Waals surface area contributed by atoms with Gasteiger partial charge in [-0.05, 0) is 41.4 Å². The summed E-state index contributed by atoms with van der Waals surface area (Å²) in [5.74, 6) is 0. The molecule has 0 saturated carbocycles. The van der Waals surface area contributed by atoms with Gasteiger partial charge in [0.25, 0.3) is 0 Å². The van der Waals surface area contributed by atoms with E-state index in [0.717, 1.165) is 19.6 Å². The maximum Gasteiger partial charge on any atom is 0.0718 e. The maximum absolute atomic E-state index is 9.75. The average Bonchev–Trinajstić information content (AvgIpc) is 1.96. The van der Waals surface area contributed by atoms with E-state index in [9.17, 15) is 5.11 Å². The molecule has 86 valence electrons. The van der Waals surface area contributed by atoms with E-state index in [1.165, 1.54) is 0 Å². The van der Waals surface area contributed by atoms with Crippen LogP contribution in [0.5, 0.6) is 0 Å². The number of rotatable bonds is 6. The molecule has 3 nitrogen and oxygen atoms in total. The average molecular weight is 202 g/mol. The van der Waals surface area contributed by atoms with Gasteiger partial charge in [-0.15, -0.1) is 0 Å². The first kappa shape index (κ1) is 13.9. The van der Waals surface area contributed by atoms with Crippen molar-refractivity contribution in [1.82, 2.24) is 9.80 Å². The molecule has 0 heterocycles. The van der Waals surface area contributed by atoms with Gasteiger partial charge in [0.05, 0.1) is 5.60 Å². The zero-order valence-corrected chi connectivity index (χ0v) is 10.5. The van der Waals surface area contributed by atoms with Gasteiger partial charge in [0, 0.05) is 19.1 Å². The Hall–Kier alpha value is -0.120. The van der Waals surface area contributed by atoms with E-state index in [4.69, 9.17) is 0 Å². The van der Waals surface area contributed by atoms with E-state index in [1.807, 2.05) is 13.8 Å². The van der Waals surface area contributed by atoms with Crippen molar-refractivity contribution in [2.24, 2.45) is 0 Å². The molecule has 0 aliphatic rings. The summed E-state index contributed by atoms with van der Waals surface area (Å²) in [6.45, 7) is 10.8. The van der Waals surface area contributed by atoms with Crippen LogP contribution in [0.1, 0.15) is 27.7 Å². The molecule has 0 aromatic rings. The topological polar surface area (TPSA) is 26.7 Å². The number of nitrogens with zero attached hydrogens (tertiary/aromatic N) is 2. The van der Waals surface area contributed by atoms with Gasteiger partial charge in [-0.1, -0.05) is 6.92 Å². The fourth-order valence-corrected chi connectivity index (χ4v) is 1.72. The maximum atomic E-state index is 9.75. The van der Waals surface area contributed by atoms with Crippen molar-refractivity contribution in [2.75, 3.05) is 33.7 Å². The zero-order chi connectivity index (χ0) is 11.4. The highest BCUT2D eigenvalue weighted by Gasteiger charge is 2.21. The molecule has 14 heavy (non-hydrogen) atoms. The van der Waals surface area contributed by atoms with Gasteiger partial charge in [-0.25, -0.2) is 0 Å². The Labute approximate surface area is 88.7 Å². The smallest absolute Gasteiger partial charge is 0.0718 e. The van der Waals surface area contributed by atoms with Gasteiger partial charge < -0.3 is 10.0 Å². The Kier molecular flexibility index (Phi) is 5.64. The second kappa shape index (κ2) is 5.69. The predicted molar refractivity (Wildman–Crippen MR) is 61.6 cm³/mol. The van der Waals surface area contributed by atoms with E-state index >= 15 is 0 Å². The summed E-state index contributed by atoms with van der Waals surface area (Å²) in [5.41, 5.74) is -0.601. The van der Waals surface area contributed by atoms with Crippen molar-refractivity contribution < 1.29 is 5.11 Å². The van der Waals surface area contributed by atoms with E-state index in [2.05, 4.69) is 37.7 Å². The lowest BCUT2D eigenvalue weighted by Crippen LogP contribution is -2.46. The van der Waals surface area contributed by atoms with E-state index < -0.39 is 5.60 Å². The molecule has 0 bridgehead atoms. The van der Waals surface area contributed by atoms with Gasteiger partial charge in [-0.3, -0.25) is 4.90 Å². The molecule has 0 aliphatic carbocycles. The number of hydrogen-bond acceptors (Lipinski definition) is 3. The molecule has 0 aromatic carbocycles. The van der Waals surface area contributed by atoms with Crippen LogP contribution in [-0.2, 0) is 0 Å². The molecule has 0 rings (SSSR count). The van der Waals surface area contributed by atoms with Gasteiger partial charge in [-0.2, -0.15) is 0 Å². The highest BCUT2D eigenvalue weighted by Crippen LogP contribution is 2.08. The summed E-state index contributed by atoms with van der Waals surface area (Å²) < 4.78 is 0. The lowest BCUT2D eigenvalue weighted by Gasteiger charge is -2.34. The lowest BCUT2D eigenvalue weighted by atomic mass is 10.1. The van der Waals surface area contributed by atoms with Crippen LogP contribution in [-0.4, -0.2) is 60.3 Å². The van der Waals surface area contributed by atoms with Crippen molar-refractivity contribution in [2.45, 2.75) is 39.3 Å². The van der Waals surface area contributed by atoms with Gasteiger partial charge in [0.2, 0.25) is 0 Å². The Morgan fingerprint density at radius 1 is 1.29 bits per heavy atom. The van der Waals surface area contributed by atoms with Crippen molar-refractivity contribution in [1.29, 1.82) is 0 Å². The first-order chi connectivity index (χ1) is 6.26. The fraction of sp³-hybridized carbons (Fsp3) is 1.00. The summed E-state index contributed by atoms with van der Waals surface area (Å²) in [5, 5.41) is 9.75. The molecule has 0 saturated heterocycles. The number of hydrogen-bond donors (Lipinski definition) is 1. The first-order valence-corrected chi connectivity index (χ1v) is 5.37. The van der Waals surface area contributed by atoms with Crippen LogP contribution in [0.15, 0.2) is 0 Å². The third-order valence-corrected chi connectivity index (χ3v) is 2.25. The van der Waals surface area contributed by atoms with Crippen molar-refractivity contribution >= 4 is 0 Å². The third-order valence-electron chi connectivity index (χ3n) is 2.25. The largest absolute Gasteiger partial charge is 0.389 e. The van der Waals surface area contributed by atoms with Gasteiger partial charge in [0.15, 0.2) is 0 Å². The zero-order valence-electron chi connectivity index (χ0n) is 10.5. The van der Waals surface area contributed by atoms with Crippen LogP contribution in [0.3, 0.4) is 0 Å². The van der Waals surface area contributed by atoms with Crippen LogP contribution in [0.2, 0.25) is 0 Å².